The van der Waals surface area contributed by atoms with Crippen LogP contribution in [-0.2, 0) is 13.2 Å². The van der Waals surface area contributed by atoms with Crippen LogP contribution in [0.5, 0.6) is 5.75 Å². The third kappa shape index (κ3) is 8.57. The number of hydrogen-bond donors (Lipinski definition) is 0. The van der Waals surface area contributed by atoms with E-state index in [-0.39, 0.29) is 11.2 Å². The summed E-state index contributed by atoms with van der Waals surface area (Å²) in [5.74, 6) is 6.86. The van der Waals surface area contributed by atoms with Gasteiger partial charge in [-0.3, -0.25) is 4.90 Å². The van der Waals surface area contributed by atoms with Crippen LogP contribution in [0.2, 0.25) is 0 Å². The molecule has 142 valence electrons. The highest BCUT2D eigenvalue weighted by Gasteiger charge is 2.03. The minimum Gasteiger partial charge on any atom is -0.489 e. The number of allylic oxidation sites excluding steroid dienone is 1. The number of hydrogen-bond acceptors (Lipinski definition) is 2. The summed E-state index contributed by atoms with van der Waals surface area (Å²) in [5.41, 5.74) is 2.16. The summed E-state index contributed by atoms with van der Waals surface area (Å²) in [7, 11) is 2.08. The molecule has 27 heavy (non-hydrogen) atoms. The van der Waals surface area contributed by atoms with Crippen LogP contribution in [-0.4, -0.2) is 18.5 Å². The van der Waals surface area contributed by atoms with Crippen LogP contribution in [0.1, 0.15) is 31.9 Å². The third-order valence-corrected chi connectivity index (χ3v) is 3.74. The Kier molecular flexibility index (Phi) is 7.64. The summed E-state index contributed by atoms with van der Waals surface area (Å²) in [5, 5.41) is 0. The minimum atomic E-state index is -0.234. The van der Waals surface area contributed by atoms with Crippen LogP contribution < -0.4 is 4.74 Å². The van der Waals surface area contributed by atoms with E-state index in [9.17, 15) is 4.39 Å². The molecule has 0 aliphatic carbocycles. The van der Waals surface area contributed by atoms with Gasteiger partial charge in [0, 0.05) is 18.5 Å². The average molecular weight is 365 g/mol. The maximum Gasteiger partial charge on any atom is 0.123 e. The first-order valence-corrected chi connectivity index (χ1v) is 9.14. The molecule has 0 spiro atoms. The normalized spacial score (nSPS) is 11.5. The maximum absolute atomic E-state index is 13.0. The van der Waals surface area contributed by atoms with Gasteiger partial charge in [0.1, 0.15) is 18.2 Å². The second-order valence-corrected chi connectivity index (χ2v) is 7.68. The van der Waals surface area contributed by atoms with E-state index in [0.717, 1.165) is 24.4 Å². The predicted octanol–water partition coefficient (Wildman–Crippen LogP) is 5.44. The molecule has 2 aromatic rings. The third-order valence-electron chi connectivity index (χ3n) is 3.74. The largest absolute Gasteiger partial charge is 0.489 e. The number of benzene rings is 2. The van der Waals surface area contributed by atoms with E-state index in [1.807, 2.05) is 24.3 Å². The van der Waals surface area contributed by atoms with Gasteiger partial charge >= 0.3 is 0 Å². The lowest BCUT2D eigenvalue weighted by molar-refractivity contribution is 0.304. The summed E-state index contributed by atoms with van der Waals surface area (Å²) < 4.78 is 18.8. The van der Waals surface area contributed by atoms with Crippen LogP contribution >= 0.6 is 0 Å². The van der Waals surface area contributed by atoms with Crippen LogP contribution in [0.15, 0.2) is 60.7 Å². The van der Waals surface area contributed by atoms with Crippen molar-refractivity contribution in [3.8, 4) is 17.6 Å². The fraction of sp³-hybridized carbons (Fsp3) is 0.333. The fourth-order valence-corrected chi connectivity index (χ4v) is 2.41. The Morgan fingerprint density at radius 3 is 2.52 bits per heavy atom. The van der Waals surface area contributed by atoms with Gasteiger partial charge < -0.3 is 4.74 Å². The SMILES string of the molecule is CN(C/C=C/C#CC(C)(C)C)Cc1cccc(OCc2ccc(F)cc2)c1. The van der Waals surface area contributed by atoms with Crippen LogP contribution in [0, 0.1) is 23.1 Å². The number of ether oxygens (including phenoxy) is 1. The van der Waals surface area contributed by atoms with Crippen molar-refractivity contribution >= 4 is 0 Å². The average Bonchev–Trinajstić information content (AvgIpc) is 2.60. The molecule has 0 heterocycles. The van der Waals surface area contributed by atoms with Gasteiger partial charge in [0.2, 0.25) is 0 Å². The summed E-state index contributed by atoms with van der Waals surface area (Å²) >= 11 is 0. The molecule has 0 bridgehead atoms. The molecule has 0 amide bonds. The van der Waals surface area contributed by atoms with Gasteiger partial charge in [-0.2, -0.15) is 0 Å². The predicted molar refractivity (Wildman–Crippen MR) is 110 cm³/mol. The van der Waals surface area contributed by atoms with Crippen molar-refractivity contribution in [1.82, 2.24) is 4.90 Å². The quantitative estimate of drug-likeness (QED) is 0.606. The zero-order valence-corrected chi connectivity index (χ0v) is 16.6. The van der Waals surface area contributed by atoms with E-state index in [1.165, 1.54) is 17.7 Å². The van der Waals surface area contributed by atoms with Crippen molar-refractivity contribution in [3.05, 3.63) is 77.6 Å². The Labute approximate surface area is 162 Å². The first-order valence-electron chi connectivity index (χ1n) is 9.14. The number of nitrogens with zero attached hydrogens (tertiary/aromatic N) is 1. The van der Waals surface area contributed by atoms with Crippen LogP contribution in [0.25, 0.3) is 0 Å². The molecule has 0 saturated heterocycles. The molecule has 0 saturated carbocycles. The number of halogens is 1. The van der Waals surface area contributed by atoms with Crippen molar-refractivity contribution in [2.24, 2.45) is 5.41 Å². The molecule has 2 aromatic carbocycles. The van der Waals surface area contributed by atoms with Gasteiger partial charge in [0.15, 0.2) is 0 Å². The molecule has 0 atom stereocenters. The van der Waals surface area contributed by atoms with E-state index in [4.69, 9.17) is 4.74 Å². The smallest absolute Gasteiger partial charge is 0.123 e. The summed E-state index contributed by atoms with van der Waals surface area (Å²) in [6.07, 6.45) is 4.00. The van der Waals surface area contributed by atoms with E-state index in [0.29, 0.717) is 6.61 Å². The Balaban J connectivity index is 1.84. The van der Waals surface area contributed by atoms with Gasteiger partial charge in [0.25, 0.3) is 0 Å². The lowest BCUT2D eigenvalue weighted by Crippen LogP contribution is -2.17. The van der Waals surface area contributed by atoms with E-state index in [1.54, 1.807) is 12.1 Å². The molecule has 3 heteroatoms. The van der Waals surface area contributed by atoms with E-state index < -0.39 is 0 Å². The molecule has 0 N–H and O–H groups in total. The Morgan fingerprint density at radius 1 is 1.07 bits per heavy atom. The highest BCUT2D eigenvalue weighted by molar-refractivity contribution is 5.29. The van der Waals surface area contributed by atoms with Gasteiger partial charge in [-0.25, -0.2) is 4.39 Å². The summed E-state index contributed by atoms with van der Waals surface area (Å²) in [6, 6.07) is 14.4. The standard InChI is InChI=1S/C24H28FNO/c1-24(2,3)15-6-5-7-16-26(4)18-21-9-8-10-23(17-21)27-19-20-11-13-22(25)14-12-20/h5,7-14,17H,16,18-19H2,1-4H3/b7-5+. The Bertz CT molecular complexity index is 807. The van der Waals surface area contributed by atoms with Gasteiger partial charge in [-0.1, -0.05) is 42.2 Å². The van der Waals surface area contributed by atoms with Crippen molar-refractivity contribution < 1.29 is 9.13 Å². The molecule has 0 aliphatic rings. The lowest BCUT2D eigenvalue weighted by Gasteiger charge is -2.15. The van der Waals surface area contributed by atoms with Crippen molar-refractivity contribution in [2.75, 3.05) is 13.6 Å². The van der Waals surface area contributed by atoms with Crippen molar-refractivity contribution in [3.63, 3.8) is 0 Å². The topological polar surface area (TPSA) is 12.5 Å². The molecule has 0 aliphatic heterocycles. The van der Waals surface area contributed by atoms with Gasteiger partial charge in [0.05, 0.1) is 0 Å². The summed E-state index contributed by atoms with van der Waals surface area (Å²) in [6.45, 7) is 8.39. The fourth-order valence-electron chi connectivity index (χ4n) is 2.41. The first kappa shape index (κ1) is 20.7. The van der Waals surface area contributed by atoms with E-state index >= 15 is 0 Å². The first-order chi connectivity index (χ1) is 12.8. The van der Waals surface area contributed by atoms with Crippen LogP contribution in [0.3, 0.4) is 0 Å². The molecule has 0 unspecified atom stereocenters. The minimum absolute atomic E-state index is 0.0323. The number of likely N-dealkylation sites (N-methyl/N-ethyl adjacent to an activating group) is 1. The maximum atomic E-state index is 13.0. The van der Waals surface area contributed by atoms with Gasteiger partial charge in [-0.15, -0.1) is 0 Å². The van der Waals surface area contributed by atoms with E-state index in [2.05, 4.69) is 56.7 Å². The molecular formula is C24H28FNO. The summed E-state index contributed by atoms with van der Waals surface area (Å²) in [4.78, 5) is 2.22. The molecular weight excluding hydrogens is 337 g/mol. The van der Waals surface area contributed by atoms with Crippen LogP contribution in [0.4, 0.5) is 4.39 Å². The Hall–Kier alpha value is -2.57. The van der Waals surface area contributed by atoms with Crippen molar-refractivity contribution in [1.29, 1.82) is 0 Å². The second-order valence-electron chi connectivity index (χ2n) is 7.68. The molecule has 0 fully saturated rings. The van der Waals surface area contributed by atoms with Gasteiger partial charge in [-0.05, 0) is 69.3 Å². The second kappa shape index (κ2) is 9.94. The lowest BCUT2D eigenvalue weighted by atomic mass is 9.98. The highest BCUT2D eigenvalue weighted by atomic mass is 19.1. The molecule has 0 aromatic heterocycles. The Morgan fingerprint density at radius 2 is 1.81 bits per heavy atom. The zero-order chi connectivity index (χ0) is 19.7. The van der Waals surface area contributed by atoms with Crippen molar-refractivity contribution in [2.45, 2.75) is 33.9 Å². The molecule has 0 radical (unpaired) electrons. The number of rotatable bonds is 7. The molecule has 2 nitrogen and oxygen atoms in total. The highest BCUT2D eigenvalue weighted by Crippen LogP contribution is 2.16. The zero-order valence-electron chi connectivity index (χ0n) is 16.6. The monoisotopic (exact) mass is 365 g/mol. The molecule has 2 rings (SSSR count).